The average molecular weight is 481 g/mol. The normalized spacial score (nSPS) is 16.2. The third-order valence-electron chi connectivity index (χ3n) is 5.40. The van der Waals surface area contributed by atoms with Crippen LogP contribution < -0.4 is 9.64 Å². The smallest absolute Gasteiger partial charge is 0.296 e. The molecule has 9 heteroatoms. The number of rotatable bonds is 5. The molecule has 2 aromatic carbocycles. The van der Waals surface area contributed by atoms with Crippen LogP contribution in [-0.4, -0.2) is 28.9 Å². The second-order valence-corrected chi connectivity index (χ2v) is 8.75. The third kappa shape index (κ3) is 3.48. The molecule has 0 saturated carbocycles. The zero-order valence-corrected chi connectivity index (χ0v) is 19.1. The molecule has 0 spiro atoms. The van der Waals surface area contributed by atoms with Crippen LogP contribution in [-0.2, 0) is 4.79 Å². The second-order valence-electron chi connectivity index (χ2n) is 7.48. The maximum Gasteiger partial charge on any atom is 0.296 e. The van der Waals surface area contributed by atoms with Crippen molar-refractivity contribution in [3.8, 4) is 5.75 Å². The van der Waals surface area contributed by atoms with E-state index in [0.717, 1.165) is 5.69 Å². The summed E-state index contributed by atoms with van der Waals surface area (Å²) in [6.07, 6.45) is 0. The molecule has 33 heavy (non-hydrogen) atoms. The predicted molar refractivity (Wildman–Crippen MR) is 125 cm³/mol. The number of halogens is 1. The molecule has 0 aliphatic carbocycles. The lowest BCUT2D eigenvalue weighted by Gasteiger charge is -2.24. The summed E-state index contributed by atoms with van der Waals surface area (Å²) in [5, 5.41) is 14.2. The first kappa shape index (κ1) is 21.2. The Hall–Kier alpha value is -3.62. The number of ketones is 1. The van der Waals surface area contributed by atoms with E-state index in [1.807, 2.05) is 0 Å². The van der Waals surface area contributed by atoms with E-state index >= 15 is 0 Å². The molecular formula is C24H17ClN2O5S. The SMILES string of the molecule is COc1cccc2cc(C(=O)C3=C(O)C(=O)N(c4nc(C)cs4)C3c3ccc(Cl)cc3)oc12. The van der Waals surface area contributed by atoms with Crippen LogP contribution >= 0.6 is 22.9 Å². The lowest BCUT2D eigenvalue weighted by Crippen LogP contribution is -2.31. The summed E-state index contributed by atoms with van der Waals surface area (Å²) in [5.74, 6) is -1.49. The highest BCUT2D eigenvalue weighted by Crippen LogP contribution is 2.43. The molecule has 0 bridgehead atoms. The van der Waals surface area contributed by atoms with Gasteiger partial charge in [0, 0.05) is 15.8 Å². The van der Waals surface area contributed by atoms with E-state index in [9.17, 15) is 14.7 Å². The highest BCUT2D eigenvalue weighted by molar-refractivity contribution is 7.14. The summed E-state index contributed by atoms with van der Waals surface area (Å²) in [4.78, 5) is 32.5. The molecule has 166 valence electrons. The van der Waals surface area contributed by atoms with Crippen molar-refractivity contribution in [2.24, 2.45) is 0 Å². The quantitative estimate of drug-likeness (QED) is 0.371. The zero-order valence-electron chi connectivity index (χ0n) is 17.5. The van der Waals surface area contributed by atoms with Crippen molar-refractivity contribution < 1.29 is 23.8 Å². The van der Waals surface area contributed by atoms with E-state index in [1.165, 1.54) is 23.3 Å². The van der Waals surface area contributed by atoms with Gasteiger partial charge in [0.2, 0.25) is 5.78 Å². The number of ether oxygens (including phenoxy) is 1. The molecule has 7 nitrogen and oxygen atoms in total. The summed E-state index contributed by atoms with van der Waals surface area (Å²) < 4.78 is 11.1. The number of carbonyl (C=O) groups excluding carboxylic acids is 2. The number of nitrogens with zero attached hydrogens (tertiary/aromatic N) is 2. The predicted octanol–water partition coefficient (Wildman–Crippen LogP) is 5.64. The zero-order chi connectivity index (χ0) is 23.3. The van der Waals surface area contributed by atoms with E-state index in [4.69, 9.17) is 20.8 Å². The minimum Gasteiger partial charge on any atom is -0.503 e. The molecule has 1 N–H and O–H groups in total. The number of anilines is 1. The molecule has 3 heterocycles. The fourth-order valence-electron chi connectivity index (χ4n) is 3.89. The van der Waals surface area contributed by atoms with Gasteiger partial charge in [-0.15, -0.1) is 11.3 Å². The molecule has 1 aliphatic rings. The maximum atomic E-state index is 13.6. The molecule has 1 aliphatic heterocycles. The maximum absolute atomic E-state index is 13.6. The van der Waals surface area contributed by atoms with E-state index in [1.54, 1.807) is 60.8 Å². The van der Waals surface area contributed by atoms with E-state index in [0.29, 0.717) is 32.4 Å². The van der Waals surface area contributed by atoms with Crippen LogP contribution in [0.5, 0.6) is 5.75 Å². The number of Topliss-reactive ketones (excluding diaryl/α,β-unsaturated/α-hetero) is 1. The van der Waals surface area contributed by atoms with Crippen LogP contribution in [0.25, 0.3) is 11.0 Å². The number of benzene rings is 2. The number of thiazole rings is 1. The third-order valence-corrected chi connectivity index (χ3v) is 6.61. The van der Waals surface area contributed by atoms with Crippen molar-refractivity contribution >= 4 is 50.7 Å². The van der Waals surface area contributed by atoms with Gasteiger partial charge in [-0.05, 0) is 36.8 Å². The monoisotopic (exact) mass is 480 g/mol. The molecule has 0 saturated heterocycles. The molecule has 0 fully saturated rings. The lowest BCUT2D eigenvalue weighted by molar-refractivity contribution is -0.117. The number of hydrogen-bond donors (Lipinski definition) is 1. The van der Waals surface area contributed by atoms with Crippen molar-refractivity contribution in [3.63, 3.8) is 0 Å². The number of aromatic nitrogens is 1. The first-order valence-electron chi connectivity index (χ1n) is 9.94. The molecule has 5 rings (SSSR count). The highest BCUT2D eigenvalue weighted by Gasteiger charge is 2.46. The summed E-state index contributed by atoms with van der Waals surface area (Å²) >= 11 is 7.31. The molecule has 1 amide bonds. The minimum atomic E-state index is -0.900. The van der Waals surface area contributed by atoms with Crippen molar-refractivity contribution in [1.29, 1.82) is 0 Å². The second kappa shape index (κ2) is 8.06. The Morgan fingerprint density at radius 1 is 1.24 bits per heavy atom. The minimum absolute atomic E-state index is 0.0139. The van der Waals surface area contributed by atoms with Crippen LogP contribution in [0.4, 0.5) is 5.13 Å². The molecule has 4 aromatic rings. The van der Waals surface area contributed by atoms with Crippen molar-refractivity contribution in [2.75, 3.05) is 12.0 Å². The number of fused-ring (bicyclic) bond motifs is 1. The van der Waals surface area contributed by atoms with Crippen LogP contribution in [0.15, 0.2) is 69.7 Å². The number of hydrogen-bond acceptors (Lipinski definition) is 7. The van der Waals surface area contributed by atoms with Gasteiger partial charge >= 0.3 is 0 Å². The number of aryl methyl sites for hydroxylation is 1. The van der Waals surface area contributed by atoms with Gasteiger partial charge in [0.15, 0.2) is 28.0 Å². The Labute approximate surface area is 197 Å². The van der Waals surface area contributed by atoms with E-state index in [2.05, 4.69) is 4.98 Å². The Morgan fingerprint density at radius 3 is 2.67 bits per heavy atom. The first-order valence-corrected chi connectivity index (χ1v) is 11.2. The standard InChI is InChI=1S/C24H17ClN2O5S/c1-12-11-33-24(26-12)27-19(13-6-8-15(25)9-7-13)18(21(29)23(27)30)20(28)17-10-14-4-3-5-16(31-2)22(14)32-17/h3-11,19,29H,1-2H3. The Kier molecular flexibility index (Phi) is 5.19. The fraction of sp³-hybridized carbons (Fsp3) is 0.125. The van der Waals surface area contributed by atoms with Gasteiger partial charge in [-0.1, -0.05) is 35.9 Å². The largest absolute Gasteiger partial charge is 0.503 e. The lowest BCUT2D eigenvalue weighted by atomic mass is 9.95. The highest BCUT2D eigenvalue weighted by atomic mass is 35.5. The summed E-state index contributed by atoms with van der Waals surface area (Å²) in [7, 11) is 1.51. The van der Waals surface area contributed by atoms with E-state index < -0.39 is 23.5 Å². The molecule has 1 atom stereocenters. The van der Waals surface area contributed by atoms with Crippen molar-refractivity contribution in [1.82, 2.24) is 4.98 Å². The molecule has 0 radical (unpaired) electrons. The molecule has 2 aromatic heterocycles. The van der Waals surface area contributed by atoms with Gasteiger partial charge in [-0.2, -0.15) is 0 Å². The van der Waals surface area contributed by atoms with Gasteiger partial charge < -0.3 is 14.3 Å². The van der Waals surface area contributed by atoms with Crippen molar-refractivity contribution in [2.45, 2.75) is 13.0 Å². The number of carbonyl (C=O) groups is 2. The number of methoxy groups -OCH3 is 1. The summed E-state index contributed by atoms with van der Waals surface area (Å²) in [5.41, 5.74) is 1.64. The van der Waals surface area contributed by atoms with E-state index in [-0.39, 0.29) is 11.3 Å². The molecule has 1 unspecified atom stereocenters. The number of aliphatic hydroxyl groups is 1. The summed E-state index contributed by atoms with van der Waals surface area (Å²) in [6, 6.07) is 12.7. The fourth-order valence-corrected chi connectivity index (χ4v) is 4.84. The van der Waals surface area contributed by atoms with Gasteiger partial charge in [-0.25, -0.2) is 4.98 Å². The van der Waals surface area contributed by atoms with Crippen molar-refractivity contribution in [3.05, 3.63) is 87.3 Å². The topological polar surface area (TPSA) is 92.9 Å². The van der Waals surface area contributed by atoms with Gasteiger partial charge in [0.1, 0.15) is 0 Å². The number of amides is 1. The van der Waals surface area contributed by atoms with Gasteiger partial charge in [0.05, 0.1) is 24.4 Å². The number of aliphatic hydroxyl groups excluding tert-OH is 1. The van der Waals surface area contributed by atoms with Crippen LogP contribution in [0, 0.1) is 6.92 Å². The Bertz CT molecular complexity index is 1440. The molecular weight excluding hydrogens is 464 g/mol. The Balaban J connectivity index is 1.66. The summed E-state index contributed by atoms with van der Waals surface area (Å²) in [6.45, 7) is 1.80. The van der Waals surface area contributed by atoms with Crippen LogP contribution in [0.2, 0.25) is 5.02 Å². The number of para-hydroxylation sites is 1. The van der Waals surface area contributed by atoms with Gasteiger partial charge in [0.25, 0.3) is 5.91 Å². The van der Waals surface area contributed by atoms with Gasteiger partial charge in [-0.3, -0.25) is 14.5 Å². The number of furan rings is 1. The Morgan fingerprint density at radius 2 is 2.00 bits per heavy atom. The first-order chi connectivity index (χ1) is 15.9. The van der Waals surface area contributed by atoms with Crippen LogP contribution in [0.3, 0.4) is 0 Å². The van der Waals surface area contributed by atoms with Crippen LogP contribution in [0.1, 0.15) is 27.9 Å². The average Bonchev–Trinajstić information content (AvgIpc) is 3.50.